The first-order valence-corrected chi connectivity index (χ1v) is 8.93. The molecule has 120 valence electrons. The van der Waals surface area contributed by atoms with Crippen LogP contribution < -0.4 is 5.32 Å². The highest BCUT2D eigenvalue weighted by Gasteiger charge is 2.25. The molecule has 0 bridgehead atoms. The van der Waals surface area contributed by atoms with E-state index in [1.807, 2.05) is 11.3 Å². The molecule has 0 aromatic carbocycles. The van der Waals surface area contributed by atoms with Gasteiger partial charge in [-0.05, 0) is 39.5 Å². The van der Waals surface area contributed by atoms with Crippen molar-refractivity contribution in [3.05, 3.63) is 15.6 Å². The lowest BCUT2D eigenvalue weighted by Crippen LogP contribution is -2.35. The van der Waals surface area contributed by atoms with E-state index in [1.54, 1.807) is 7.11 Å². The first kappa shape index (κ1) is 16.9. The minimum absolute atomic E-state index is 0.133. The van der Waals surface area contributed by atoms with Gasteiger partial charge < -0.3 is 10.1 Å². The van der Waals surface area contributed by atoms with E-state index >= 15 is 0 Å². The van der Waals surface area contributed by atoms with Crippen molar-refractivity contribution in [1.29, 1.82) is 0 Å². The fraction of sp³-hybridized carbons (Fsp3) is 0.824. The maximum absolute atomic E-state index is 5.34. The van der Waals surface area contributed by atoms with Gasteiger partial charge in [-0.3, -0.25) is 0 Å². The zero-order valence-electron chi connectivity index (χ0n) is 14.2. The molecule has 4 heteroatoms. The molecule has 0 amide bonds. The fourth-order valence-electron chi connectivity index (χ4n) is 2.97. The summed E-state index contributed by atoms with van der Waals surface area (Å²) < 4.78 is 5.34. The molecule has 1 N–H and O–H groups in total. The van der Waals surface area contributed by atoms with Gasteiger partial charge in [-0.15, -0.1) is 11.3 Å². The molecule has 2 unspecified atom stereocenters. The Morgan fingerprint density at radius 1 is 1.33 bits per heavy atom. The lowest BCUT2D eigenvalue weighted by Gasteiger charge is -2.24. The molecule has 1 fully saturated rings. The first-order valence-electron chi connectivity index (χ1n) is 8.11. The van der Waals surface area contributed by atoms with Gasteiger partial charge >= 0.3 is 0 Å². The highest BCUT2D eigenvalue weighted by Crippen LogP contribution is 2.38. The fourth-order valence-corrected chi connectivity index (χ4v) is 4.13. The quantitative estimate of drug-likeness (QED) is 0.871. The van der Waals surface area contributed by atoms with Crippen LogP contribution in [0, 0.1) is 5.92 Å². The Balaban J connectivity index is 2.12. The molecule has 2 atom stereocenters. The van der Waals surface area contributed by atoms with E-state index in [4.69, 9.17) is 9.72 Å². The predicted octanol–water partition coefficient (Wildman–Crippen LogP) is 4.47. The van der Waals surface area contributed by atoms with Gasteiger partial charge in [0.05, 0.1) is 17.3 Å². The second-order valence-electron chi connectivity index (χ2n) is 7.43. The molecule has 21 heavy (non-hydrogen) atoms. The zero-order chi connectivity index (χ0) is 15.5. The summed E-state index contributed by atoms with van der Waals surface area (Å²) in [6.45, 7) is 10.5. The number of thiazole rings is 1. The van der Waals surface area contributed by atoms with Crippen molar-refractivity contribution in [1.82, 2.24) is 10.3 Å². The average Bonchev–Trinajstić information content (AvgIpc) is 2.79. The number of nitrogens with zero attached hydrogens (tertiary/aromatic N) is 1. The van der Waals surface area contributed by atoms with Crippen molar-refractivity contribution in [2.45, 2.75) is 78.0 Å². The molecule has 1 saturated carbocycles. The largest absolute Gasteiger partial charge is 0.378 e. The molecule has 1 aromatic heterocycles. The van der Waals surface area contributed by atoms with Crippen LogP contribution in [-0.4, -0.2) is 17.6 Å². The van der Waals surface area contributed by atoms with Crippen molar-refractivity contribution in [2.75, 3.05) is 7.11 Å². The van der Waals surface area contributed by atoms with Gasteiger partial charge in [-0.2, -0.15) is 0 Å². The predicted molar refractivity (Wildman–Crippen MR) is 89.8 cm³/mol. The van der Waals surface area contributed by atoms with Gasteiger partial charge in [0.25, 0.3) is 0 Å². The minimum Gasteiger partial charge on any atom is -0.378 e. The SMILES string of the molecule is COCc1nc(C2CCCC(C)C2)sc1CNC(C)(C)C. The lowest BCUT2D eigenvalue weighted by atomic mass is 9.83. The second kappa shape index (κ2) is 7.21. The number of hydrogen-bond donors (Lipinski definition) is 1. The van der Waals surface area contributed by atoms with Crippen molar-refractivity contribution in [3.8, 4) is 0 Å². The molecule has 1 aromatic rings. The molecule has 0 aliphatic heterocycles. The van der Waals surface area contributed by atoms with Crippen LogP contribution in [0.5, 0.6) is 0 Å². The highest BCUT2D eigenvalue weighted by atomic mass is 32.1. The Bertz CT molecular complexity index is 450. The standard InChI is InChI=1S/C17H30N2OS/c1-12-7-6-8-13(9-12)16-19-14(11-20-5)15(21-16)10-18-17(2,3)4/h12-13,18H,6-11H2,1-5H3. The van der Waals surface area contributed by atoms with Gasteiger partial charge in [0.2, 0.25) is 0 Å². The molecule has 1 aliphatic carbocycles. The normalized spacial score (nSPS) is 23.5. The molecular weight excluding hydrogens is 280 g/mol. The number of rotatable bonds is 5. The van der Waals surface area contributed by atoms with Gasteiger partial charge in [0, 0.05) is 30.0 Å². The van der Waals surface area contributed by atoms with E-state index in [0.29, 0.717) is 12.5 Å². The average molecular weight is 311 g/mol. The Labute approximate surface area is 133 Å². The summed E-state index contributed by atoms with van der Waals surface area (Å²) in [6.07, 6.45) is 5.33. The summed E-state index contributed by atoms with van der Waals surface area (Å²) in [7, 11) is 1.75. The van der Waals surface area contributed by atoms with Crippen molar-refractivity contribution in [2.24, 2.45) is 5.92 Å². The van der Waals surface area contributed by atoms with E-state index in [9.17, 15) is 0 Å². The maximum Gasteiger partial charge on any atom is 0.0963 e. The van der Waals surface area contributed by atoms with E-state index < -0.39 is 0 Å². The van der Waals surface area contributed by atoms with Gasteiger partial charge in [-0.25, -0.2) is 4.98 Å². The van der Waals surface area contributed by atoms with E-state index in [-0.39, 0.29) is 5.54 Å². The minimum atomic E-state index is 0.133. The van der Waals surface area contributed by atoms with Crippen LogP contribution in [0.1, 0.15) is 74.9 Å². The molecule has 3 nitrogen and oxygen atoms in total. The van der Waals surface area contributed by atoms with Crippen molar-refractivity contribution < 1.29 is 4.74 Å². The molecule has 1 heterocycles. The van der Waals surface area contributed by atoms with Crippen LogP contribution in [0.4, 0.5) is 0 Å². The molecule has 2 rings (SSSR count). The molecule has 0 spiro atoms. The summed E-state index contributed by atoms with van der Waals surface area (Å²) in [5.41, 5.74) is 1.26. The Morgan fingerprint density at radius 3 is 2.71 bits per heavy atom. The summed E-state index contributed by atoms with van der Waals surface area (Å²) in [5, 5.41) is 4.91. The van der Waals surface area contributed by atoms with Gasteiger partial charge in [0.1, 0.15) is 0 Å². The van der Waals surface area contributed by atoms with E-state index in [0.717, 1.165) is 18.2 Å². The number of aromatic nitrogens is 1. The van der Waals surface area contributed by atoms with Crippen LogP contribution in [0.3, 0.4) is 0 Å². The first-order chi connectivity index (χ1) is 9.89. The van der Waals surface area contributed by atoms with E-state index in [1.165, 1.54) is 35.6 Å². The van der Waals surface area contributed by atoms with Gasteiger partial charge in [-0.1, -0.05) is 19.8 Å². The summed E-state index contributed by atoms with van der Waals surface area (Å²) in [5.74, 6) is 1.51. The number of nitrogens with one attached hydrogen (secondary N) is 1. The van der Waals surface area contributed by atoms with Crippen LogP contribution in [0.25, 0.3) is 0 Å². The lowest BCUT2D eigenvalue weighted by molar-refractivity contribution is 0.180. The number of methoxy groups -OCH3 is 1. The third kappa shape index (κ3) is 5.04. The summed E-state index contributed by atoms with van der Waals surface area (Å²) in [6, 6.07) is 0. The smallest absolute Gasteiger partial charge is 0.0963 e. The van der Waals surface area contributed by atoms with Crippen LogP contribution in [0.15, 0.2) is 0 Å². The van der Waals surface area contributed by atoms with Crippen LogP contribution in [-0.2, 0) is 17.9 Å². The third-order valence-corrected chi connectivity index (χ3v) is 5.40. The van der Waals surface area contributed by atoms with Crippen molar-refractivity contribution >= 4 is 11.3 Å². The monoisotopic (exact) mass is 310 g/mol. The summed E-state index contributed by atoms with van der Waals surface area (Å²) >= 11 is 1.90. The molecule has 1 aliphatic rings. The Hall–Kier alpha value is -0.450. The number of ether oxygens (including phenoxy) is 1. The third-order valence-electron chi connectivity index (χ3n) is 4.14. The molecular formula is C17H30N2OS. The Kier molecular flexibility index (Phi) is 5.81. The Morgan fingerprint density at radius 2 is 2.10 bits per heavy atom. The topological polar surface area (TPSA) is 34.1 Å². The maximum atomic E-state index is 5.34. The van der Waals surface area contributed by atoms with Crippen LogP contribution in [0.2, 0.25) is 0 Å². The summed E-state index contributed by atoms with van der Waals surface area (Å²) in [4.78, 5) is 6.26. The van der Waals surface area contributed by atoms with Crippen LogP contribution >= 0.6 is 11.3 Å². The molecule has 0 saturated heterocycles. The second-order valence-corrected chi connectivity index (χ2v) is 8.54. The van der Waals surface area contributed by atoms with Gasteiger partial charge in [0.15, 0.2) is 0 Å². The molecule has 0 radical (unpaired) electrons. The highest BCUT2D eigenvalue weighted by molar-refractivity contribution is 7.11. The van der Waals surface area contributed by atoms with Crippen molar-refractivity contribution in [3.63, 3.8) is 0 Å². The number of hydrogen-bond acceptors (Lipinski definition) is 4. The van der Waals surface area contributed by atoms with E-state index in [2.05, 4.69) is 33.0 Å². The zero-order valence-corrected chi connectivity index (χ0v) is 15.0.